The van der Waals surface area contributed by atoms with Crippen molar-refractivity contribution in [2.75, 3.05) is 0 Å². The van der Waals surface area contributed by atoms with E-state index in [2.05, 4.69) is 6.92 Å². The summed E-state index contributed by atoms with van der Waals surface area (Å²) in [6, 6.07) is 13.3. The zero-order chi connectivity index (χ0) is 19.7. The van der Waals surface area contributed by atoms with E-state index in [-0.39, 0.29) is 0 Å². The lowest BCUT2D eigenvalue weighted by Gasteiger charge is -2.26. The molecule has 0 saturated heterocycles. The molecule has 28 heavy (non-hydrogen) atoms. The molecule has 0 saturated carbocycles. The van der Waals surface area contributed by atoms with Gasteiger partial charge in [-0.15, -0.1) is 0 Å². The first kappa shape index (κ1) is 18.0. The minimum Gasteiger partial charge on any atom is -0.465 e. The molecule has 5 heteroatoms. The van der Waals surface area contributed by atoms with Crippen molar-refractivity contribution in [1.29, 1.82) is 5.26 Å². The van der Waals surface area contributed by atoms with Crippen molar-refractivity contribution >= 4 is 28.5 Å². The van der Waals surface area contributed by atoms with Gasteiger partial charge in [-0.25, -0.2) is 9.78 Å². The third kappa shape index (κ3) is 3.29. The van der Waals surface area contributed by atoms with Gasteiger partial charge in [-0.1, -0.05) is 25.1 Å². The second-order valence-electron chi connectivity index (χ2n) is 7.21. The first-order chi connectivity index (χ1) is 13.6. The number of hydrogen-bond donors (Lipinski definition) is 0. The Labute approximate surface area is 163 Å². The molecule has 0 unspecified atom stereocenters. The molecule has 0 aliphatic heterocycles. The van der Waals surface area contributed by atoms with Gasteiger partial charge >= 0.3 is 5.97 Å². The van der Waals surface area contributed by atoms with Gasteiger partial charge in [-0.3, -0.25) is 0 Å². The maximum atomic E-state index is 13.0. The highest BCUT2D eigenvalue weighted by Crippen LogP contribution is 2.38. The van der Waals surface area contributed by atoms with Crippen LogP contribution in [0.25, 0.3) is 22.6 Å². The Balaban J connectivity index is 1.95. The molecule has 0 spiro atoms. The van der Waals surface area contributed by atoms with E-state index in [9.17, 15) is 4.79 Å². The summed E-state index contributed by atoms with van der Waals surface area (Å²) in [6.07, 6.45) is 4.40. The lowest BCUT2D eigenvalue weighted by Crippen LogP contribution is -2.21. The summed E-state index contributed by atoms with van der Waals surface area (Å²) in [5.74, 6) is 0.624. The number of esters is 1. The Bertz CT molecular complexity index is 1110. The molecule has 0 N–H and O–H groups in total. The van der Waals surface area contributed by atoms with E-state index in [0.29, 0.717) is 11.5 Å². The number of para-hydroxylation sites is 1. The molecular weight excluding hydrogens is 352 g/mol. The van der Waals surface area contributed by atoms with Crippen molar-refractivity contribution in [2.45, 2.75) is 32.8 Å². The number of nitrogens with zero attached hydrogens (tertiary/aromatic N) is 2. The van der Waals surface area contributed by atoms with Crippen LogP contribution < -0.4 is 0 Å². The van der Waals surface area contributed by atoms with E-state index < -0.39 is 12.1 Å². The monoisotopic (exact) mass is 372 g/mol. The molecule has 140 valence electrons. The molecule has 4 rings (SSSR count). The van der Waals surface area contributed by atoms with Crippen LogP contribution in [-0.4, -0.2) is 17.1 Å². The van der Waals surface area contributed by atoms with Crippen molar-refractivity contribution < 1.29 is 13.9 Å². The number of fused-ring (bicyclic) bond motifs is 2. The van der Waals surface area contributed by atoms with Crippen LogP contribution in [0.2, 0.25) is 0 Å². The van der Waals surface area contributed by atoms with E-state index in [0.717, 1.165) is 46.3 Å². The fourth-order valence-electron chi connectivity index (χ4n) is 3.76. The number of allylic oxidation sites excluding steroid dienone is 1. The van der Waals surface area contributed by atoms with E-state index in [1.807, 2.05) is 48.5 Å². The fourth-order valence-corrected chi connectivity index (χ4v) is 3.76. The number of benzene rings is 1. The van der Waals surface area contributed by atoms with E-state index in [1.54, 1.807) is 13.2 Å². The topological polar surface area (TPSA) is 76.1 Å². The number of pyridine rings is 1. The second-order valence-corrected chi connectivity index (χ2v) is 7.21. The number of ether oxygens (including phenoxy) is 1. The molecule has 0 radical (unpaired) electrons. The lowest BCUT2D eigenvalue weighted by atomic mass is 9.81. The second kappa shape index (κ2) is 7.32. The Morgan fingerprint density at radius 3 is 2.89 bits per heavy atom. The van der Waals surface area contributed by atoms with Crippen LogP contribution in [0.5, 0.6) is 0 Å². The minimum atomic E-state index is -0.811. The molecule has 0 fully saturated rings. The molecular formula is C23H20N2O3. The van der Waals surface area contributed by atoms with Crippen LogP contribution in [0.4, 0.5) is 0 Å². The zero-order valence-electron chi connectivity index (χ0n) is 15.8. The fraction of sp³-hybridized carbons (Fsp3) is 0.261. The first-order valence-electron chi connectivity index (χ1n) is 9.33. The Kier molecular flexibility index (Phi) is 4.70. The standard InChI is InChI=1S/C23H20N2O3/c1-14-10-16(12-17-6-5-9-27-17)22-19(11-14)21(23(26)28-15(2)13-24)18-7-3-4-8-20(18)25-22/h3-9,12,14-15H,10-11H2,1-2H3/t14-,15+/m0/s1. The van der Waals surface area contributed by atoms with Gasteiger partial charge in [0.1, 0.15) is 11.8 Å². The average Bonchev–Trinajstić information content (AvgIpc) is 3.19. The van der Waals surface area contributed by atoms with E-state index in [1.165, 1.54) is 0 Å². The predicted molar refractivity (Wildman–Crippen MR) is 106 cm³/mol. The van der Waals surface area contributed by atoms with Crippen LogP contribution in [0.15, 0.2) is 47.1 Å². The maximum absolute atomic E-state index is 13.0. The van der Waals surface area contributed by atoms with Crippen molar-refractivity contribution in [3.8, 4) is 6.07 Å². The lowest BCUT2D eigenvalue weighted by molar-refractivity contribution is 0.0436. The summed E-state index contributed by atoms with van der Waals surface area (Å²) in [5, 5.41) is 9.80. The number of furan rings is 1. The highest BCUT2D eigenvalue weighted by molar-refractivity contribution is 6.06. The third-order valence-electron chi connectivity index (χ3n) is 4.95. The Hall–Kier alpha value is -3.39. The molecule has 0 amide bonds. The summed E-state index contributed by atoms with van der Waals surface area (Å²) in [4.78, 5) is 17.9. The van der Waals surface area contributed by atoms with Gasteiger partial charge in [0.25, 0.3) is 0 Å². The van der Waals surface area contributed by atoms with Gasteiger partial charge in [-0.2, -0.15) is 5.26 Å². The SMILES string of the molecule is C[C@H]1CC(=Cc2ccco2)c2nc3ccccc3c(C(=O)O[C@H](C)C#N)c2C1. The minimum absolute atomic E-state index is 0.344. The molecule has 1 aliphatic carbocycles. The predicted octanol–water partition coefficient (Wildman–Crippen LogP) is 5.02. The summed E-state index contributed by atoms with van der Waals surface area (Å²) in [6.45, 7) is 3.72. The molecule has 5 nitrogen and oxygen atoms in total. The molecule has 2 atom stereocenters. The molecule has 1 aromatic carbocycles. The van der Waals surface area contributed by atoms with Crippen molar-refractivity contribution in [2.24, 2.45) is 5.92 Å². The molecule has 3 aromatic rings. The van der Waals surface area contributed by atoms with Crippen LogP contribution in [-0.2, 0) is 11.2 Å². The van der Waals surface area contributed by atoms with Crippen molar-refractivity contribution in [3.63, 3.8) is 0 Å². The van der Waals surface area contributed by atoms with E-state index >= 15 is 0 Å². The highest BCUT2D eigenvalue weighted by atomic mass is 16.5. The molecule has 1 aliphatic rings. The molecule has 2 aromatic heterocycles. The van der Waals surface area contributed by atoms with Crippen LogP contribution in [0, 0.1) is 17.2 Å². The number of hydrogen-bond acceptors (Lipinski definition) is 5. The van der Waals surface area contributed by atoms with Gasteiger partial charge < -0.3 is 9.15 Å². The zero-order valence-corrected chi connectivity index (χ0v) is 15.8. The third-order valence-corrected chi connectivity index (χ3v) is 4.95. The van der Waals surface area contributed by atoms with Gasteiger partial charge in [-0.05, 0) is 61.1 Å². The highest BCUT2D eigenvalue weighted by Gasteiger charge is 2.29. The number of carbonyl (C=O) groups excluding carboxylic acids is 1. The summed E-state index contributed by atoms with van der Waals surface area (Å²) < 4.78 is 10.9. The number of rotatable bonds is 3. The van der Waals surface area contributed by atoms with Crippen LogP contribution >= 0.6 is 0 Å². The number of aromatic nitrogens is 1. The smallest absolute Gasteiger partial charge is 0.340 e. The van der Waals surface area contributed by atoms with Crippen molar-refractivity contribution in [3.05, 3.63) is 65.2 Å². The summed E-state index contributed by atoms with van der Waals surface area (Å²) >= 11 is 0. The largest absolute Gasteiger partial charge is 0.465 e. The summed E-state index contributed by atoms with van der Waals surface area (Å²) in [5.41, 5.74) is 3.98. The van der Waals surface area contributed by atoms with Crippen molar-refractivity contribution in [1.82, 2.24) is 4.98 Å². The Morgan fingerprint density at radius 1 is 1.32 bits per heavy atom. The Morgan fingerprint density at radius 2 is 2.14 bits per heavy atom. The quantitative estimate of drug-likeness (QED) is 0.603. The maximum Gasteiger partial charge on any atom is 0.340 e. The van der Waals surface area contributed by atoms with Gasteiger partial charge in [0.2, 0.25) is 0 Å². The molecule has 2 heterocycles. The number of nitriles is 1. The average molecular weight is 372 g/mol. The first-order valence-corrected chi connectivity index (χ1v) is 9.33. The normalized spacial score (nSPS) is 18.5. The van der Waals surface area contributed by atoms with Crippen LogP contribution in [0.3, 0.4) is 0 Å². The van der Waals surface area contributed by atoms with E-state index in [4.69, 9.17) is 19.4 Å². The summed E-state index contributed by atoms with van der Waals surface area (Å²) in [7, 11) is 0. The number of carbonyl (C=O) groups is 1. The van der Waals surface area contributed by atoms with Gasteiger partial charge in [0, 0.05) is 5.39 Å². The van der Waals surface area contributed by atoms with Gasteiger partial charge in [0.15, 0.2) is 6.10 Å². The van der Waals surface area contributed by atoms with Crippen LogP contribution in [0.1, 0.15) is 47.6 Å². The van der Waals surface area contributed by atoms with Gasteiger partial charge in [0.05, 0.1) is 23.0 Å². The molecule has 0 bridgehead atoms.